The van der Waals surface area contributed by atoms with Gasteiger partial charge >= 0.3 is 0 Å². The minimum Gasteiger partial charge on any atom is -0.394 e. The third-order valence-electron chi connectivity index (χ3n) is 2.16. The van der Waals surface area contributed by atoms with E-state index in [0.29, 0.717) is 5.92 Å². The van der Waals surface area contributed by atoms with E-state index in [1.54, 1.807) is 6.92 Å². The molecule has 0 bridgehead atoms. The minimum absolute atomic E-state index is 0.0443. The highest BCUT2D eigenvalue weighted by Crippen LogP contribution is 2.09. The summed E-state index contributed by atoms with van der Waals surface area (Å²) < 4.78 is 0. The maximum atomic E-state index is 9.36. The summed E-state index contributed by atoms with van der Waals surface area (Å²) in [5.74, 6) is 0.523. The van der Waals surface area contributed by atoms with Crippen LogP contribution in [0, 0.1) is 5.92 Å². The number of aliphatic hydroxyl groups excluding tert-OH is 2. The van der Waals surface area contributed by atoms with Crippen molar-refractivity contribution in [3.63, 3.8) is 0 Å². The van der Waals surface area contributed by atoms with Crippen LogP contribution in [0.15, 0.2) is 0 Å². The zero-order valence-corrected chi connectivity index (χ0v) is 8.46. The standard InChI is InChI=1S/C9H21NO2/c1-7(2)5-10-9(4,6-11)8(3)12/h7-8,10-12H,5-6H2,1-4H3. The van der Waals surface area contributed by atoms with Crippen molar-refractivity contribution in [2.24, 2.45) is 5.92 Å². The molecular formula is C9H21NO2. The molecule has 3 heteroatoms. The van der Waals surface area contributed by atoms with Gasteiger partial charge < -0.3 is 15.5 Å². The lowest BCUT2D eigenvalue weighted by atomic mass is 9.96. The molecule has 0 amide bonds. The zero-order valence-electron chi connectivity index (χ0n) is 8.46. The fourth-order valence-electron chi connectivity index (χ4n) is 0.773. The van der Waals surface area contributed by atoms with E-state index in [-0.39, 0.29) is 6.61 Å². The Morgan fingerprint density at radius 3 is 2.08 bits per heavy atom. The minimum atomic E-state index is -0.565. The lowest BCUT2D eigenvalue weighted by Crippen LogP contribution is -2.54. The molecule has 0 fully saturated rings. The van der Waals surface area contributed by atoms with Crippen molar-refractivity contribution in [2.45, 2.75) is 39.3 Å². The Labute approximate surface area is 74.8 Å². The van der Waals surface area contributed by atoms with E-state index in [2.05, 4.69) is 19.2 Å². The third kappa shape index (κ3) is 3.52. The molecule has 0 heterocycles. The number of hydrogen-bond donors (Lipinski definition) is 3. The monoisotopic (exact) mass is 175 g/mol. The van der Waals surface area contributed by atoms with Gasteiger partial charge in [-0.25, -0.2) is 0 Å². The Hall–Kier alpha value is -0.120. The summed E-state index contributed by atoms with van der Waals surface area (Å²) in [6, 6.07) is 0. The summed E-state index contributed by atoms with van der Waals surface area (Å²) in [6.07, 6.45) is -0.541. The van der Waals surface area contributed by atoms with Crippen LogP contribution in [0.2, 0.25) is 0 Å². The maximum absolute atomic E-state index is 9.36. The van der Waals surface area contributed by atoms with Gasteiger partial charge in [0.25, 0.3) is 0 Å². The van der Waals surface area contributed by atoms with Crippen molar-refractivity contribution < 1.29 is 10.2 Å². The fraction of sp³-hybridized carbons (Fsp3) is 1.00. The molecule has 2 atom stereocenters. The molecule has 0 radical (unpaired) electrons. The van der Waals surface area contributed by atoms with Gasteiger partial charge in [0.15, 0.2) is 0 Å². The Morgan fingerprint density at radius 1 is 1.33 bits per heavy atom. The summed E-state index contributed by atoms with van der Waals surface area (Å²) in [4.78, 5) is 0. The number of hydrogen-bond acceptors (Lipinski definition) is 3. The lowest BCUT2D eigenvalue weighted by molar-refractivity contribution is 0.0398. The van der Waals surface area contributed by atoms with Crippen molar-refractivity contribution in [1.82, 2.24) is 5.32 Å². The van der Waals surface area contributed by atoms with E-state index in [0.717, 1.165) is 6.54 Å². The molecule has 3 N–H and O–H groups in total. The first-order valence-electron chi connectivity index (χ1n) is 4.46. The van der Waals surface area contributed by atoms with Gasteiger partial charge in [-0.3, -0.25) is 0 Å². The Bertz CT molecular complexity index is 126. The van der Waals surface area contributed by atoms with E-state index in [4.69, 9.17) is 5.11 Å². The van der Waals surface area contributed by atoms with E-state index in [1.165, 1.54) is 0 Å². The van der Waals surface area contributed by atoms with Crippen molar-refractivity contribution in [3.8, 4) is 0 Å². The molecule has 2 unspecified atom stereocenters. The largest absolute Gasteiger partial charge is 0.394 e. The fourth-order valence-corrected chi connectivity index (χ4v) is 0.773. The number of nitrogens with one attached hydrogen (secondary N) is 1. The second-order valence-electron chi connectivity index (χ2n) is 4.03. The highest BCUT2D eigenvalue weighted by Gasteiger charge is 2.28. The first-order valence-corrected chi connectivity index (χ1v) is 4.46. The molecule has 0 saturated carbocycles. The maximum Gasteiger partial charge on any atom is 0.0713 e. The predicted octanol–water partition coefficient (Wildman–Crippen LogP) is 0.364. The summed E-state index contributed by atoms with van der Waals surface area (Å²) in [5, 5.41) is 21.6. The van der Waals surface area contributed by atoms with Gasteiger partial charge in [-0.15, -0.1) is 0 Å². The molecule has 0 spiro atoms. The molecule has 74 valence electrons. The lowest BCUT2D eigenvalue weighted by Gasteiger charge is -2.32. The van der Waals surface area contributed by atoms with Crippen LogP contribution < -0.4 is 5.32 Å². The van der Waals surface area contributed by atoms with E-state index in [9.17, 15) is 5.11 Å². The summed E-state index contributed by atoms with van der Waals surface area (Å²) in [6.45, 7) is 8.45. The second kappa shape index (κ2) is 4.80. The molecule has 3 nitrogen and oxygen atoms in total. The predicted molar refractivity (Wildman–Crippen MR) is 50.0 cm³/mol. The van der Waals surface area contributed by atoms with E-state index < -0.39 is 11.6 Å². The van der Waals surface area contributed by atoms with Gasteiger partial charge in [0.05, 0.1) is 18.2 Å². The van der Waals surface area contributed by atoms with Gasteiger partial charge in [0, 0.05) is 0 Å². The molecule has 0 aromatic heterocycles. The van der Waals surface area contributed by atoms with Crippen LogP contribution in [0.25, 0.3) is 0 Å². The first-order chi connectivity index (χ1) is 5.42. The molecule has 0 saturated heterocycles. The molecule has 0 aliphatic rings. The van der Waals surface area contributed by atoms with Crippen LogP contribution in [0.5, 0.6) is 0 Å². The third-order valence-corrected chi connectivity index (χ3v) is 2.16. The molecule has 0 aromatic carbocycles. The van der Waals surface area contributed by atoms with Crippen molar-refractivity contribution in [1.29, 1.82) is 0 Å². The topological polar surface area (TPSA) is 52.5 Å². The Morgan fingerprint density at radius 2 is 1.83 bits per heavy atom. The van der Waals surface area contributed by atoms with Crippen molar-refractivity contribution in [2.75, 3.05) is 13.2 Å². The molecular weight excluding hydrogens is 154 g/mol. The first kappa shape index (κ1) is 11.9. The van der Waals surface area contributed by atoms with Gasteiger partial charge in [-0.1, -0.05) is 13.8 Å². The summed E-state index contributed by atoms with van der Waals surface area (Å²) in [5.41, 5.74) is -0.565. The van der Waals surface area contributed by atoms with E-state index in [1.807, 2.05) is 6.92 Å². The number of aliphatic hydroxyl groups is 2. The van der Waals surface area contributed by atoms with Crippen LogP contribution in [0.1, 0.15) is 27.7 Å². The molecule has 0 aliphatic carbocycles. The summed E-state index contributed by atoms with van der Waals surface area (Å²) >= 11 is 0. The van der Waals surface area contributed by atoms with Crippen LogP contribution in [0.4, 0.5) is 0 Å². The van der Waals surface area contributed by atoms with Crippen molar-refractivity contribution in [3.05, 3.63) is 0 Å². The second-order valence-corrected chi connectivity index (χ2v) is 4.03. The molecule has 12 heavy (non-hydrogen) atoms. The smallest absolute Gasteiger partial charge is 0.0713 e. The zero-order chi connectivity index (χ0) is 9.78. The highest BCUT2D eigenvalue weighted by molar-refractivity contribution is 4.87. The van der Waals surface area contributed by atoms with E-state index >= 15 is 0 Å². The molecule has 0 rings (SSSR count). The quantitative estimate of drug-likeness (QED) is 0.565. The average molecular weight is 175 g/mol. The molecule has 0 aliphatic heterocycles. The van der Waals surface area contributed by atoms with Gasteiger partial charge in [0.2, 0.25) is 0 Å². The highest BCUT2D eigenvalue weighted by atomic mass is 16.3. The van der Waals surface area contributed by atoms with Crippen LogP contribution >= 0.6 is 0 Å². The van der Waals surface area contributed by atoms with Crippen LogP contribution in [0.3, 0.4) is 0 Å². The average Bonchev–Trinajstić information content (AvgIpc) is 1.99. The van der Waals surface area contributed by atoms with Crippen LogP contribution in [-0.4, -0.2) is 35.0 Å². The molecule has 0 aromatic rings. The van der Waals surface area contributed by atoms with Gasteiger partial charge in [0.1, 0.15) is 0 Å². The van der Waals surface area contributed by atoms with Gasteiger partial charge in [-0.2, -0.15) is 0 Å². The van der Waals surface area contributed by atoms with Crippen molar-refractivity contribution >= 4 is 0 Å². The Balaban J connectivity index is 3.97. The number of rotatable bonds is 5. The normalized spacial score (nSPS) is 19.2. The SMILES string of the molecule is CC(C)CNC(C)(CO)C(C)O. The summed E-state index contributed by atoms with van der Waals surface area (Å²) in [7, 11) is 0. The van der Waals surface area contributed by atoms with Gasteiger partial charge in [-0.05, 0) is 26.3 Å². The van der Waals surface area contributed by atoms with Crippen LogP contribution in [-0.2, 0) is 0 Å². The Kier molecular flexibility index (Phi) is 4.75.